The van der Waals surface area contributed by atoms with Crippen molar-refractivity contribution in [1.29, 1.82) is 0 Å². The van der Waals surface area contributed by atoms with Gasteiger partial charge in [0.15, 0.2) is 0 Å². The van der Waals surface area contributed by atoms with Gasteiger partial charge in [-0.1, -0.05) is 53.2 Å². The number of hydrogen-bond donors (Lipinski definition) is 0. The van der Waals surface area contributed by atoms with Crippen LogP contribution in [0.1, 0.15) is 18.1 Å². The molecule has 0 heterocycles. The molecule has 0 aliphatic heterocycles. The van der Waals surface area contributed by atoms with Gasteiger partial charge < -0.3 is 0 Å². The van der Waals surface area contributed by atoms with E-state index in [0.29, 0.717) is 11.4 Å². The van der Waals surface area contributed by atoms with Crippen molar-refractivity contribution < 1.29 is 8.42 Å². The SMILES string of the molecule is CCc1ccc(CN(C)S(=O)(=O)c2cccc(Br)c2)cc1. The molecule has 5 heteroatoms. The summed E-state index contributed by atoms with van der Waals surface area (Å²) in [6, 6.07) is 14.8. The molecule has 112 valence electrons. The summed E-state index contributed by atoms with van der Waals surface area (Å²) in [7, 11) is -1.87. The van der Waals surface area contributed by atoms with Crippen molar-refractivity contribution in [1.82, 2.24) is 4.31 Å². The molecule has 0 aliphatic carbocycles. The smallest absolute Gasteiger partial charge is 0.207 e. The van der Waals surface area contributed by atoms with Gasteiger partial charge in [-0.2, -0.15) is 4.31 Å². The van der Waals surface area contributed by atoms with E-state index < -0.39 is 10.0 Å². The molecular weight excluding hydrogens is 350 g/mol. The predicted octanol–water partition coefficient (Wildman–Crippen LogP) is 3.83. The first-order chi connectivity index (χ1) is 9.93. The van der Waals surface area contributed by atoms with Crippen LogP contribution in [0.5, 0.6) is 0 Å². The van der Waals surface area contributed by atoms with Crippen LogP contribution in [0.15, 0.2) is 57.9 Å². The predicted molar refractivity (Wildman–Crippen MR) is 88.6 cm³/mol. The second kappa shape index (κ2) is 6.73. The summed E-state index contributed by atoms with van der Waals surface area (Å²) in [5.74, 6) is 0. The third-order valence-electron chi connectivity index (χ3n) is 3.34. The van der Waals surface area contributed by atoms with Crippen molar-refractivity contribution in [3.05, 3.63) is 64.1 Å². The van der Waals surface area contributed by atoms with Crippen molar-refractivity contribution in [2.45, 2.75) is 24.8 Å². The maximum Gasteiger partial charge on any atom is 0.243 e. The molecule has 0 aromatic heterocycles. The molecule has 0 saturated heterocycles. The van der Waals surface area contributed by atoms with Gasteiger partial charge in [0.1, 0.15) is 0 Å². The molecule has 0 fully saturated rings. The Hall–Kier alpha value is -1.17. The Bertz CT molecular complexity index is 711. The van der Waals surface area contributed by atoms with Gasteiger partial charge in [-0.25, -0.2) is 8.42 Å². The van der Waals surface area contributed by atoms with Crippen molar-refractivity contribution in [3.63, 3.8) is 0 Å². The van der Waals surface area contributed by atoms with Gasteiger partial charge in [-0.05, 0) is 35.7 Å². The van der Waals surface area contributed by atoms with E-state index in [1.807, 2.05) is 30.3 Å². The number of nitrogens with zero attached hydrogens (tertiary/aromatic N) is 1. The number of rotatable bonds is 5. The summed E-state index contributed by atoms with van der Waals surface area (Å²) >= 11 is 3.30. The van der Waals surface area contributed by atoms with Crippen molar-refractivity contribution in [3.8, 4) is 0 Å². The monoisotopic (exact) mass is 367 g/mol. The van der Waals surface area contributed by atoms with E-state index in [0.717, 1.165) is 16.5 Å². The minimum absolute atomic E-state index is 0.296. The molecule has 0 unspecified atom stereocenters. The van der Waals surface area contributed by atoms with Crippen molar-refractivity contribution in [2.75, 3.05) is 7.05 Å². The van der Waals surface area contributed by atoms with Crippen LogP contribution >= 0.6 is 15.9 Å². The Morgan fingerprint density at radius 1 is 1.05 bits per heavy atom. The van der Waals surface area contributed by atoms with Crippen LogP contribution in [0.2, 0.25) is 0 Å². The highest BCUT2D eigenvalue weighted by atomic mass is 79.9. The molecule has 0 bridgehead atoms. The van der Waals surface area contributed by atoms with E-state index in [9.17, 15) is 8.42 Å². The lowest BCUT2D eigenvalue weighted by molar-refractivity contribution is 0.466. The molecule has 3 nitrogen and oxygen atoms in total. The number of sulfonamides is 1. The van der Waals surface area contributed by atoms with Crippen LogP contribution in [0.3, 0.4) is 0 Å². The second-order valence-electron chi connectivity index (χ2n) is 4.89. The first-order valence-corrected chi connectivity index (χ1v) is 8.96. The fourth-order valence-electron chi connectivity index (χ4n) is 2.03. The summed E-state index contributed by atoms with van der Waals surface area (Å²) in [4.78, 5) is 0.296. The average Bonchev–Trinajstić information content (AvgIpc) is 2.48. The van der Waals surface area contributed by atoms with Crippen LogP contribution in [0.25, 0.3) is 0 Å². The Morgan fingerprint density at radius 2 is 1.67 bits per heavy atom. The van der Waals surface area contributed by atoms with Gasteiger partial charge in [0, 0.05) is 18.1 Å². The molecule has 0 radical (unpaired) electrons. The molecule has 0 N–H and O–H groups in total. The Kier molecular flexibility index (Phi) is 5.19. The zero-order valence-corrected chi connectivity index (χ0v) is 14.5. The Morgan fingerprint density at radius 3 is 2.24 bits per heavy atom. The zero-order chi connectivity index (χ0) is 15.5. The van der Waals surface area contributed by atoms with Gasteiger partial charge in [-0.15, -0.1) is 0 Å². The molecule has 0 spiro atoms. The third-order valence-corrected chi connectivity index (χ3v) is 5.63. The molecular formula is C16H18BrNO2S. The van der Waals surface area contributed by atoms with E-state index >= 15 is 0 Å². The number of hydrogen-bond acceptors (Lipinski definition) is 2. The van der Waals surface area contributed by atoms with Crippen LogP contribution in [0, 0.1) is 0 Å². The lowest BCUT2D eigenvalue weighted by Gasteiger charge is -2.17. The minimum Gasteiger partial charge on any atom is -0.207 e. The Balaban J connectivity index is 2.20. The number of aryl methyl sites for hydroxylation is 1. The van der Waals surface area contributed by atoms with Crippen molar-refractivity contribution >= 4 is 26.0 Å². The molecule has 0 atom stereocenters. The van der Waals surface area contributed by atoms with Crippen LogP contribution in [0.4, 0.5) is 0 Å². The molecule has 0 aliphatic rings. The molecule has 2 aromatic rings. The van der Waals surface area contributed by atoms with E-state index in [-0.39, 0.29) is 0 Å². The van der Waals surface area contributed by atoms with Crippen LogP contribution in [-0.4, -0.2) is 19.8 Å². The number of halogens is 1. The standard InChI is InChI=1S/C16H18BrNO2S/c1-3-13-7-9-14(10-8-13)12-18(2)21(19,20)16-6-4-5-15(17)11-16/h4-11H,3,12H2,1-2H3. The van der Waals surface area contributed by atoms with Gasteiger partial charge in [0.05, 0.1) is 4.90 Å². The molecule has 0 amide bonds. The third kappa shape index (κ3) is 3.93. The highest BCUT2D eigenvalue weighted by Gasteiger charge is 2.20. The fraction of sp³-hybridized carbons (Fsp3) is 0.250. The van der Waals surface area contributed by atoms with Crippen molar-refractivity contribution in [2.24, 2.45) is 0 Å². The highest BCUT2D eigenvalue weighted by Crippen LogP contribution is 2.20. The maximum absolute atomic E-state index is 12.5. The summed E-state index contributed by atoms with van der Waals surface area (Å²) in [5, 5.41) is 0. The first kappa shape index (κ1) is 16.2. The second-order valence-corrected chi connectivity index (χ2v) is 7.85. The van der Waals surface area contributed by atoms with Gasteiger partial charge >= 0.3 is 0 Å². The minimum atomic E-state index is -3.47. The lowest BCUT2D eigenvalue weighted by atomic mass is 10.1. The molecule has 2 rings (SSSR count). The zero-order valence-electron chi connectivity index (χ0n) is 12.1. The maximum atomic E-state index is 12.5. The average molecular weight is 368 g/mol. The molecule has 21 heavy (non-hydrogen) atoms. The van der Waals surface area contributed by atoms with Gasteiger partial charge in [-0.3, -0.25) is 0 Å². The van der Waals surface area contributed by atoms with E-state index in [1.54, 1.807) is 25.2 Å². The quantitative estimate of drug-likeness (QED) is 0.804. The molecule has 0 saturated carbocycles. The van der Waals surface area contributed by atoms with Crippen LogP contribution in [-0.2, 0) is 23.0 Å². The topological polar surface area (TPSA) is 37.4 Å². The Labute approximate surface area is 134 Å². The normalized spacial score (nSPS) is 11.8. The van der Waals surface area contributed by atoms with E-state index in [1.165, 1.54) is 9.87 Å². The fourth-order valence-corrected chi connectivity index (χ4v) is 3.79. The largest absolute Gasteiger partial charge is 0.243 e. The summed E-state index contributed by atoms with van der Waals surface area (Å²) in [6.45, 7) is 2.46. The lowest BCUT2D eigenvalue weighted by Crippen LogP contribution is -2.26. The summed E-state index contributed by atoms with van der Waals surface area (Å²) in [5.41, 5.74) is 2.23. The van der Waals surface area contributed by atoms with E-state index in [2.05, 4.69) is 22.9 Å². The first-order valence-electron chi connectivity index (χ1n) is 6.73. The van der Waals surface area contributed by atoms with Crippen LogP contribution < -0.4 is 0 Å². The molecule has 2 aromatic carbocycles. The summed E-state index contributed by atoms with van der Waals surface area (Å²) < 4.78 is 27.2. The number of benzene rings is 2. The summed E-state index contributed by atoms with van der Waals surface area (Å²) in [6.07, 6.45) is 0.979. The van der Waals surface area contributed by atoms with Gasteiger partial charge in [0.25, 0.3) is 0 Å². The van der Waals surface area contributed by atoms with Gasteiger partial charge in [0.2, 0.25) is 10.0 Å². The van der Waals surface area contributed by atoms with E-state index in [4.69, 9.17) is 0 Å². The highest BCUT2D eigenvalue weighted by molar-refractivity contribution is 9.10.